The third-order valence-corrected chi connectivity index (χ3v) is 4.43. The highest BCUT2D eigenvalue weighted by Gasteiger charge is 2.29. The first-order chi connectivity index (χ1) is 11.1. The van der Waals surface area contributed by atoms with Crippen molar-refractivity contribution in [1.29, 1.82) is 0 Å². The van der Waals surface area contributed by atoms with Gasteiger partial charge in [0.1, 0.15) is 11.6 Å². The van der Waals surface area contributed by atoms with Crippen molar-refractivity contribution in [3.63, 3.8) is 0 Å². The molecule has 2 aromatic heterocycles. The standard InChI is InChI=1S/C17H19N5O/c1-10-8-18-16(19-10)13-5-6-22(9-13)17(23)12-3-4-14-15(7-12)21-11(2)20-14/h3-4,7-8,13H,5-6,9H2,1-2H3,(H,18,19)(H,20,21). The van der Waals surface area contributed by atoms with E-state index in [-0.39, 0.29) is 5.91 Å². The zero-order valence-corrected chi connectivity index (χ0v) is 13.3. The van der Waals surface area contributed by atoms with Gasteiger partial charge in [-0.3, -0.25) is 4.79 Å². The first-order valence-corrected chi connectivity index (χ1v) is 7.87. The minimum absolute atomic E-state index is 0.0740. The molecule has 1 aliphatic heterocycles. The number of nitrogens with one attached hydrogen (secondary N) is 2. The lowest BCUT2D eigenvalue weighted by molar-refractivity contribution is 0.0790. The predicted molar refractivity (Wildman–Crippen MR) is 87.4 cm³/mol. The Labute approximate surface area is 133 Å². The summed E-state index contributed by atoms with van der Waals surface area (Å²) in [5.74, 6) is 2.21. The molecule has 3 heterocycles. The van der Waals surface area contributed by atoms with Crippen LogP contribution in [0.25, 0.3) is 11.0 Å². The monoisotopic (exact) mass is 309 g/mol. The van der Waals surface area contributed by atoms with Gasteiger partial charge >= 0.3 is 0 Å². The van der Waals surface area contributed by atoms with Crippen LogP contribution in [0.1, 0.15) is 40.0 Å². The number of fused-ring (bicyclic) bond motifs is 1. The van der Waals surface area contributed by atoms with Crippen LogP contribution in [-0.2, 0) is 0 Å². The van der Waals surface area contributed by atoms with Gasteiger partial charge in [-0.25, -0.2) is 9.97 Å². The number of imidazole rings is 2. The first-order valence-electron chi connectivity index (χ1n) is 7.87. The van der Waals surface area contributed by atoms with E-state index < -0.39 is 0 Å². The number of aromatic nitrogens is 4. The minimum Gasteiger partial charge on any atom is -0.346 e. The average Bonchev–Trinajstić information content (AvgIpc) is 3.23. The van der Waals surface area contributed by atoms with E-state index in [1.165, 1.54) is 0 Å². The molecule has 0 aliphatic carbocycles. The molecule has 6 heteroatoms. The number of carbonyl (C=O) groups is 1. The van der Waals surface area contributed by atoms with Crippen LogP contribution in [0.5, 0.6) is 0 Å². The summed E-state index contributed by atoms with van der Waals surface area (Å²) in [6.07, 6.45) is 2.79. The van der Waals surface area contributed by atoms with Crippen LogP contribution in [0.15, 0.2) is 24.4 Å². The number of likely N-dealkylation sites (tertiary alicyclic amines) is 1. The molecule has 1 aromatic carbocycles. The second-order valence-electron chi connectivity index (χ2n) is 6.24. The maximum Gasteiger partial charge on any atom is 0.253 e. The topological polar surface area (TPSA) is 77.7 Å². The fourth-order valence-corrected chi connectivity index (χ4v) is 3.26. The molecule has 1 fully saturated rings. The van der Waals surface area contributed by atoms with E-state index in [2.05, 4.69) is 19.9 Å². The summed E-state index contributed by atoms with van der Waals surface area (Å²) in [7, 11) is 0. The number of amides is 1. The molecule has 6 nitrogen and oxygen atoms in total. The number of hydrogen-bond acceptors (Lipinski definition) is 3. The fourth-order valence-electron chi connectivity index (χ4n) is 3.26. The van der Waals surface area contributed by atoms with Gasteiger partial charge in [-0.15, -0.1) is 0 Å². The molecule has 1 saturated heterocycles. The van der Waals surface area contributed by atoms with E-state index >= 15 is 0 Å². The molecule has 1 unspecified atom stereocenters. The minimum atomic E-state index is 0.0740. The highest BCUT2D eigenvalue weighted by molar-refractivity contribution is 5.97. The lowest BCUT2D eigenvalue weighted by atomic mass is 10.1. The number of hydrogen-bond donors (Lipinski definition) is 2. The number of rotatable bonds is 2. The van der Waals surface area contributed by atoms with Crippen molar-refractivity contribution in [1.82, 2.24) is 24.8 Å². The summed E-state index contributed by atoms with van der Waals surface area (Å²) in [6.45, 7) is 5.39. The van der Waals surface area contributed by atoms with Crippen molar-refractivity contribution in [3.05, 3.63) is 47.3 Å². The number of carbonyl (C=O) groups excluding carboxylic acids is 1. The first kappa shape index (κ1) is 14.0. The van der Waals surface area contributed by atoms with Crippen LogP contribution in [0, 0.1) is 13.8 Å². The molecule has 3 aromatic rings. The maximum absolute atomic E-state index is 12.7. The molecular weight excluding hydrogens is 290 g/mol. The molecule has 23 heavy (non-hydrogen) atoms. The van der Waals surface area contributed by atoms with E-state index in [1.807, 2.05) is 43.1 Å². The Morgan fingerprint density at radius 2 is 2.17 bits per heavy atom. The molecule has 0 saturated carbocycles. The maximum atomic E-state index is 12.7. The molecular formula is C17H19N5O. The summed E-state index contributed by atoms with van der Waals surface area (Å²) in [5.41, 5.74) is 3.57. The Balaban J connectivity index is 1.54. The van der Waals surface area contributed by atoms with E-state index in [0.717, 1.165) is 41.3 Å². The molecule has 1 atom stereocenters. The Morgan fingerprint density at radius 3 is 2.96 bits per heavy atom. The highest BCUT2D eigenvalue weighted by Crippen LogP contribution is 2.26. The van der Waals surface area contributed by atoms with Gasteiger partial charge in [0, 0.05) is 36.5 Å². The van der Waals surface area contributed by atoms with E-state index in [1.54, 1.807) is 0 Å². The third kappa shape index (κ3) is 2.50. The Hall–Kier alpha value is -2.63. The van der Waals surface area contributed by atoms with Crippen LogP contribution in [0.3, 0.4) is 0 Å². The third-order valence-electron chi connectivity index (χ3n) is 4.43. The van der Waals surface area contributed by atoms with Crippen molar-refractivity contribution >= 4 is 16.9 Å². The summed E-state index contributed by atoms with van der Waals surface area (Å²) in [6, 6.07) is 5.65. The molecule has 0 radical (unpaired) electrons. The lowest BCUT2D eigenvalue weighted by Gasteiger charge is -2.16. The zero-order chi connectivity index (χ0) is 16.0. The molecule has 118 valence electrons. The summed E-state index contributed by atoms with van der Waals surface area (Å²) in [5, 5.41) is 0. The number of nitrogens with zero attached hydrogens (tertiary/aromatic N) is 3. The van der Waals surface area contributed by atoms with Crippen molar-refractivity contribution in [2.45, 2.75) is 26.2 Å². The van der Waals surface area contributed by atoms with Gasteiger partial charge < -0.3 is 14.9 Å². The molecule has 2 N–H and O–H groups in total. The van der Waals surface area contributed by atoms with Gasteiger partial charge in [0.05, 0.1) is 11.0 Å². The second kappa shape index (κ2) is 5.22. The van der Waals surface area contributed by atoms with Gasteiger partial charge in [0.15, 0.2) is 0 Å². The molecule has 0 bridgehead atoms. The zero-order valence-electron chi connectivity index (χ0n) is 13.3. The molecule has 0 spiro atoms. The number of H-pyrrole nitrogens is 2. The van der Waals surface area contributed by atoms with Crippen molar-refractivity contribution in [2.24, 2.45) is 0 Å². The van der Waals surface area contributed by atoms with Gasteiger partial charge in [-0.1, -0.05) is 0 Å². The van der Waals surface area contributed by atoms with Gasteiger partial charge in [0.25, 0.3) is 5.91 Å². The van der Waals surface area contributed by atoms with E-state index in [4.69, 9.17) is 0 Å². The summed E-state index contributed by atoms with van der Waals surface area (Å²) in [4.78, 5) is 29.9. The van der Waals surface area contributed by atoms with Gasteiger partial charge in [-0.05, 0) is 38.5 Å². The Bertz CT molecular complexity index is 878. The number of benzene rings is 1. The average molecular weight is 309 g/mol. The molecule has 1 amide bonds. The number of aromatic amines is 2. The van der Waals surface area contributed by atoms with Crippen LogP contribution in [0.4, 0.5) is 0 Å². The Morgan fingerprint density at radius 1 is 1.30 bits per heavy atom. The lowest BCUT2D eigenvalue weighted by Crippen LogP contribution is -2.28. The smallest absolute Gasteiger partial charge is 0.253 e. The fraction of sp³-hybridized carbons (Fsp3) is 0.353. The number of aryl methyl sites for hydroxylation is 2. The largest absolute Gasteiger partial charge is 0.346 e. The summed E-state index contributed by atoms with van der Waals surface area (Å²) < 4.78 is 0. The van der Waals surface area contributed by atoms with Crippen molar-refractivity contribution < 1.29 is 4.79 Å². The summed E-state index contributed by atoms with van der Waals surface area (Å²) >= 11 is 0. The molecule has 4 rings (SSSR count). The second-order valence-corrected chi connectivity index (χ2v) is 6.24. The quantitative estimate of drug-likeness (QED) is 0.763. The van der Waals surface area contributed by atoms with Crippen LogP contribution >= 0.6 is 0 Å². The van der Waals surface area contributed by atoms with Crippen molar-refractivity contribution in [3.8, 4) is 0 Å². The van der Waals surface area contributed by atoms with Crippen LogP contribution in [-0.4, -0.2) is 43.8 Å². The van der Waals surface area contributed by atoms with Crippen molar-refractivity contribution in [2.75, 3.05) is 13.1 Å². The molecule has 1 aliphatic rings. The van der Waals surface area contributed by atoms with E-state index in [9.17, 15) is 4.79 Å². The SMILES string of the molecule is Cc1cnc(C2CCN(C(=O)c3ccc4nc(C)[nH]c4c3)C2)[nH]1. The van der Waals surface area contributed by atoms with Gasteiger partial charge in [-0.2, -0.15) is 0 Å². The Kier molecular flexibility index (Phi) is 3.18. The normalized spacial score (nSPS) is 18.0. The van der Waals surface area contributed by atoms with Crippen LogP contribution in [0.2, 0.25) is 0 Å². The van der Waals surface area contributed by atoms with Gasteiger partial charge in [0.2, 0.25) is 0 Å². The predicted octanol–water partition coefficient (Wildman–Crippen LogP) is 2.53. The van der Waals surface area contributed by atoms with E-state index in [0.29, 0.717) is 18.0 Å². The highest BCUT2D eigenvalue weighted by atomic mass is 16.2. The van der Waals surface area contributed by atoms with Crippen LogP contribution < -0.4 is 0 Å².